The number of amides is 1. The van der Waals surface area contributed by atoms with Gasteiger partial charge in [-0.1, -0.05) is 6.92 Å². The van der Waals surface area contributed by atoms with E-state index in [1.807, 2.05) is 11.9 Å². The van der Waals surface area contributed by atoms with E-state index in [0.29, 0.717) is 18.9 Å². The van der Waals surface area contributed by atoms with E-state index in [2.05, 4.69) is 6.92 Å². The van der Waals surface area contributed by atoms with Crippen molar-refractivity contribution in [1.29, 1.82) is 0 Å². The predicted octanol–water partition coefficient (Wildman–Crippen LogP) is 2.52. The average Bonchev–Trinajstić information content (AvgIpc) is 2.87. The maximum Gasteiger partial charge on any atom is 0.306 e. The van der Waals surface area contributed by atoms with Crippen molar-refractivity contribution in [1.82, 2.24) is 4.90 Å². The Balaban J connectivity index is 1.87. The number of aliphatic carboxylic acids is 1. The highest BCUT2D eigenvalue weighted by Crippen LogP contribution is 2.34. The van der Waals surface area contributed by atoms with Crippen molar-refractivity contribution in [2.45, 2.75) is 57.9 Å². The summed E-state index contributed by atoms with van der Waals surface area (Å²) >= 11 is 0. The van der Waals surface area contributed by atoms with Crippen molar-refractivity contribution >= 4 is 11.9 Å². The van der Waals surface area contributed by atoms with Gasteiger partial charge in [0.2, 0.25) is 5.91 Å². The summed E-state index contributed by atoms with van der Waals surface area (Å²) in [6.07, 6.45) is 6.51. The van der Waals surface area contributed by atoms with Gasteiger partial charge in [-0.25, -0.2) is 0 Å². The molecule has 2 aliphatic rings. The topological polar surface area (TPSA) is 57.6 Å². The number of rotatable bonds is 3. The average molecular weight is 267 g/mol. The molecule has 4 heteroatoms. The molecule has 1 N–H and O–H groups in total. The summed E-state index contributed by atoms with van der Waals surface area (Å²) in [7, 11) is 1.90. The molecule has 2 atom stereocenters. The van der Waals surface area contributed by atoms with E-state index in [1.165, 1.54) is 12.8 Å². The van der Waals surface area contributed by atoms with E-state index in [-0.39, 0.29) is 17.7 Å². The second kappa shape index (κ2) is 5.93. The molecule has 1 amide bonds. The van der Waals surface area contributed by atoms with E-state index >= 15 is 0 Å². The first-order valence-corrected chi connectivity index (χ1v) is 7.48. The van der Waals surface area contributed by atoms with Gasteiger partial charge in [-0.2, -0.15) is 0 Å². The van der Waals surface area contributed by atoms with Gasteiger partial charge >= 0.3 is 5.97 Å². The summed E-state index contributed by atoms with van der Waals surface area (Å²) in [5.74, 6) is -0.172. The Morgan fingerprint density at radius 3 is 2.11 bits per heavy atom. The first-order chi connectivity index (χ1) is 8.99. The first-order valence-electron chi connectivity index (χ1n) is 7.48. The standard InChI is InChI=1S/C15H25NO3/c1-10-3-7-13(8-4-10)16(2)14(17)11-5-6-12(9-11)15(18)19/h10-13H,3-9H2,1-2H3,(H,18,19)/t10?,11-,12+,13?/m1/s1. The number of carbonyl (C=O) groups excluding carboxylic acids is 1. The Kier molecular flexibility index (Phi) is 4.48. The van der Waals surface area contributed by atoms with Gasteiger partial charge in [-0.05, 0) is 50.9 Å². The second-order valence-corrected chi connectivity index (χ2v) is 6.41. The van der Waals surface area contributed by atoms with E-state index in [4.69, 9.17) is 5.11 Å². The predicted molar refractivity (Wildman–Crippen MR) is 72.7 cm³/mol. The van der Waals surface area contributed by atoms with Crippen LogP contribution in [-0.4, -0.2) is 35.0 Å². The molecule has 0 aromatic carbocycles. The van der Waals surface area contributed by atoms with Crippen molar-refractivity contribution in [2.24, 2.45) is 17.8 Å². The lowest BCUT2D eigenvalue weighted by molar-refractivity contribution is -0.141. The third kappa shape index (κ3) is 3.28. The van der Waals surface area contributed by atoms with Crippen LogP contribution < -0.4 is 0 Å². The minimum atomic E-state index is -0.746. The van der Waals surface area contributed by atoms with E-state index < -0.39 is 5.97 Å². The second-order valence-electron chi connectivity index (χ2n) is 6.41. The molecule has 2 fully saturated rings. The maximum atomic E-state index is 12.4. The third-order valence-corrected chi connectivity index (χ3v) is 5.01. The van der Waals surface area contributed by atoms with Gasteiger partial charge in [0, 0.05) is 19.0 Å². The summed E-state index contributed by atoms with van der Waals surface area (Å²) in [5, 5.41) is 9.00. The molecule has 0 spiro atoms. The minimum absolute atomic E-state index is 0.0644. The Morgan fingerprint density at radius 1 is 1.00 bits per heavy atom. The zero-order chi connectivity index (χ0) is 14.0. The lowest BCUT2D eigenvalue weighted by atomic mass is 9.86. The lowest BCUT2D eigenvalue weighted by Crippen LogP contribution is -2.42. The number of carbonyl (C=O) groups is 2. The van der Waals surface area contributed by atoms with Gasteiger partial charge in [0.15, 0.2) is 0 Å². The number of carboxylic acids is 1. The summed E-state index contributed by atoms with van der Waals surface area (Å²) in [5.41, 5.74) is 0. The molecule has 108 valence electrons. The van der Waals surface area contributed by atoms with Crippen LogP contribution in [0.2, 0.25) is 0 Å². The fourth-order valence-corrected chi connectivity index (χ4v) is 3.53. The Morgan fingerprint density at radius 2 is 1.58 bits per heavy atom. The van der Waals surface area contributed by atoms with Gasteiger partial charge in [-0.3, -0.25) is 9.59 Å². The zero-order valence-electron chi connectivity index (χ0n) is 12.0. The summed E-state index contributed by atoms with van der Waals surface area (Å²) in [6.45, 7) is 2.27. The molecule has 0 saturated heterocycles. The van der Waals surface area contributed by atoms with Gasteiger partial charge < -0.3 is 10.0 Å². The zero-order valence-corrected chi connectivity index (χ0v) is 12.0. The Bertz CT molecular complexity index is 347. The monoisotopic (exact) mass is 267 g/mol. The van der Waals surface area contributed by atoms with Crippen LogP contribution in [-0.2, 0) is 9.59 Å². The third-order valence-electron chi connectivity index (χ3n) is 5.01. The van der Waals surface area contributed by atoms with E-state index in [1.54, 1.807) is 0 Å². The number of nitrogens with zero attached hydrogens (tertiary/aromatic N) is 1. The van der Waals surface area contributed by atoms with Crippen LogP contribution >= 0.6 is 0 Å². The molecule has 2 rings (SSSR count). The maximum absolute atomic E-state index is 12.4. The summed E-state index contributed by atoms with van der Waals surface area (Å²) < 4.78 is 0. The molecule has 0 radical (unpaired) electrons. The molecule has 0 aromatic heterocycles. The molecule has 4 nitrogen and oxygen atoms in total. The highest BCUT2D eigenvalue weighted by atomic mass is 16.4. The number of hydrogen-bond acceptors (Lipinski definition) is 2. The molecule has 19 heavy (non-hydrogen) atoms. The highest BCUT2D eigenvalue weighted by Gasteiger charge is 2.36. The van der Waals surface area contributed by atoms with Crippen LogP contribution in [0.25, 0.3) is 0 Å². The van der Waals surface area contributed by atoms with E-state index in [0.717, 1.165) is 25.2 Å². The van der Waals surface area contributed by atoms with Crippen LogP contribution in [0.4, 0.5) is 0 Å². The SMILES string of the molecule is CC1CCC(N(C)C(=O)[C@@H]2CC[C@H](C(=O)O)C2)CC1. The molecular formula is C15H25NO3. The minimum Gasteiger partial charge on any atom is -0.481 e. The normalized spacial score (nSPS) is 35.1. The van der Waals surface area contributed by atoms with E-state index in [9.17, 15) is 9.59 Å². The molecule has 2 saturated carbocycles. The smallest absolute Gasteiger partial charge is 0.306 e. The lowest BCUT2D eigenvalue weighted by Gasteiger charge is -2.35. The van der Waals surface area contributed by atoms with Crippen molar-refractivity contribution in [3.63, 3.8) is 0 Å². The quantitative estimate of drug-likeness (QED) is 0.854. The van der Waals surface area contributed by atoms with Crippen molar-refractivity contribution in [3.8, 4) is 0 Å². The molecule has 0 bridgehead atoms. The van der Waals surface area contributed by atoms with Crippen molar-refractivity contribution < 1.29 is 14.7 Å². The van der Waals surface area contributed by atoms with Gasteiger partial charge in [0.05, 0.1) is 5.92 Å². The fraction of sp³-hybridized carbons (Fsp3) is 0.867. The van der Waals surface area contributed by atoms with Gasteiger partial charge in [0.1, 0.15) is 0 Å². The van der Waals surface area contributed by atoms with Crippen LogP contribution in [0.1, 0.15) is 51.9 Å². The van der Waals surface area contributed by atoms with Crippen molar-refractivity contribution in [2.75, 3.05) is 7.05 Å². The number of carboxylic acid groups (broad SMARTS) is 1. The van der Waals surface area contributed by atoms with Crippen molar-refractivity contribution in [3.05, 3.63) is 0 Å². The summed E-state index contributed by atoms with van der Waals surface area (Å²) in [6, 6.07) is 0.368. The molecule has 2 aliphatic carbocycles. The molecule has 0 unspecified atom stereocenters. The first kappa shape index (κ1) is 14.4. The molecule has 0 heterocycles. The van der Waals surface area contributed by atoms with Gasteiger partial charge in [-0.15, -0.1) is 0 Å². The Labute approximate surface area is 115 Å². The molecular weight excluding hydrogens is 242 g/mol. The van der Waals surface area contributed by atoms with Gasteiger partial charge in [0.25, 0.3) is 0 Å². The Hall–Kier alpha value is -1.06. The van der Waals surface area contributed by atoms with Crippen LogP contribution in [0.3, 0.4) is 0 Å². The highest BCUT2D eigenvalue weighted by molar-refractivity contribution is 5.81. The summed E-state index contributed by atoms with van der Waals surface area (Å²) in [4.78, 5) is 25.3. The fourth-order valence-electron chi connectivity index (χ4n) is 3.53. The molecule has 0 aliphatic heterocycles. The van der Waals surface area contributed by atoms with Crippen LogP contribution in [0.15, 0.2) is 0 Å². The van der Waals surface area contributed by atoms with Crippen LogP contribution in [0.5, 0.6) is 0 Å². The van der Waals surface area contributed by atoms with Crippen LogP contribution in [0, 0.1) is 17.8 Å². The number of hydrogen-bond donors (Lipinski definition) is 1. The molecule has 0 aromatic rings. The largest absolute Gasteiger partial charge is 0.481 e.